The number of nitrogens with zero attached hydrogens (tertiary/aromatic N) is 1. The Kier molecular flexibility index (Phi) is 4.56. The van der Waals surface area contributed by atoms with Crippen LogP contribution < -0.4 is 5.32 Å². The third kappa shape index (κ3) is 2.55. The molecule has 8 nitrogen and oxygen atoms in total. The molecule has 19 heavy (non-hydrogen) atoms. The van der Waals surface area contributed by atoms with Gasteiger partial charge in [-0.15, -0.1) is 0 Å². The molecule has 0 radical (unpaired) electrons. The quantitative estimate of drug-likeness (QED) is 0.345. The second-order valence-corrected chi connectivity index (χ2v) is 4.89. The van der Waals surface area contributed by atoms with E-state index >= 15 is 0 Å². The van der Waals surface area contributed by atoms with Crippen LogP contribution >= 0.6 is 12.2 Å². The van der Waals surface area contributed by atoms with Crippen LogP contribution in [0.15, 0.2) is 0 Å². The molecular formula is C10H18N2O6S. The zero-order chi connectivity index (χ0) is 14.2. The van der Waals surface area contributed by atoms with Gasteiger partial charge in [0, 0.05) is 7.11 Å². The van der Waals surface area contributed by atoms with Gasteiger partial charge in [-0.05, 0) is 12.2 Å². The van der Waals surface area contributed by atoms with Crippen LogP contribution in [0.3, 0.4) is 0 Å². The average molecular weight is 294 g/mol. The fourth-order valence-electron chi connectivity index (χ4n) is 2.31. The Bertz CT molecular complexity index is 346. The second kappa shape index (κ2) is 5.83. The molecule has 9 heteroatoms. The van der Waals surface area contributed by atoms with Gasteiger partial charge in [-0.2, -0.15) is 0 Å². The summed E-state index contributed by atoms with van der Waals surface area (Å²) in [5.41, 5.74) is 0. The first kappa shape index (κ1) is 14.9. The van der Waals surface area contributed by atoms with Crippen molar-refractivity contribution in [2.75, 3.05) is 20.3 Å². The molecule has 5 N–H and O–H groups in total. The van der Waals surface area contributed by atoms with Gasteiger partial charge in [-0.1, -0.05) is 0 Å². The lowest BCUT2D eigenvalue weighted by molar-refractivity contribution is -0.135. The summed E-state index contributed by atoms with van der Waals surface area (Å²) in [5.74, 6) is 0. The third-order valence-corrected chi connectivity index (χ3v) is 3.72. The number of methoxy groups -OCH3 is 1. The van der Waals surface area contributed by atoms with Crippen molar-refractivity contribution in [3.63, 3.8) is 0 Å². The van der Waals surface area contributed by atoms with Gasteiger partial charge in [-0.3, -0.25) is 4.90 Å². The number of hydrogen-bond donors (Lipinski definition) is 5. The van der Waals surface area contributed by atoms with Crippen molar-refractivity contribution in [2.24, 2.45) is 0 Å². The fraction of sp³-hybridized carbons (Fsp3) is 0.900. The molecule has 0 bridgehead atoms. The number of aliphatic hydroxyl groups excluding tert-OH is 4. The number of rotatable bonds is 4. The zero-order valence-electron chi connectivity index (χ0n) is 10.3. The van der Waals surface area contributed by atoms with Crippen LogP contribution in [0, 0.1) is 0 Å². The highest BCUT2D eigenvalue weighted by Crippen LogP contribution is 2.29. The molecule has 0 unspecified atom stereocenters. The third-order valence-electron chi connectivity index (χ3n) is 3.36. The largest absolute Gasteiger partial charge is 0.394 e. The molecule has 6 atom stereocenters. The van der Waals surface area contributed by atoms with Gasteiger partial charge >= 0.3 is 0 Å². The van der Waals surface area contributed by atoms with Crippen LogP contribution in [-0.4, -0.2) is 87.6 Å². The minimum Gasteiger partial charge on any atom is -0.394 e. The first-order valence-corrected chi connectivity index (χ1v) is 6.31. The predicted molar refractivity (Wildman–Crippen MR) is 67.0 cm³/mol. The molecule has 0 spiro atoms. The monoisotopic (exact) mass is 294 g/mol. The highest BCUT2D eigenvalue weighted by atomic mass is 32.1. The smallest absolute Gasteiger partial charge is 0.173 e. The molecule has 0 saturated carbocycles. The number of nitrogens with one attached hydrogen (secondary N) is 1. The topological polar surface area (TPSA) is 115 Å². The molecule has 2 aliphatic heterocycles. The summed E-state index contributed by atoms with van der Waals surface area (Å²) >= 11 is 5.09. The van der Waals surface area contributed by atoms with Crippen molar-refractivity contribution in [2.45, 2.75) is 36.9 Å². The van der Waals surface area contributed by atoms with Crippen LogP contribution in [0.1, 0.15) is 0 Å². The van der Waals surface area contributed by atoms with Crippen molar-refractivity contribution >= 4 is 17.3 Å². The van der Waals surface area contributed by atoms with E-state index in [4.69, 9.17) is 26.8 Å². The highest BCUT2D eigenvalue weighted by Gasteiger charge is 2.51. The van der Waals surface area contributed by atoms with Gasteiger partial charge in [0.05, 0.1) is 13.2 Å². The fourth-order valence-corrected chi connectivity index (χ4v) is 2.61. The summed E-state index contributed by atoms with van der Waals surface area (Å²) in [4.78, 5) is 1.49. The van der Waals surface area contributed by atoms with Crippen LogP contribution in [0.2, 0.25) is 0 Å². The zero-order valence-corrected chi connectivity index (χ0v) is 11.2. The number of hydrogen-bond acceptors (Lipinski definition) is 7. The van der Waals surface area contributed by atoms with E-state index in [0.29, 0.717) is 11.7 Å². The lowest BCUT2D eigenvalue weighted by Crippen LogP contribution is -2.49. The maximum atomic E-state index is 10.0. The molecule has 110 valence electrons. The van der Waals surface area contributed by atoms with Crippen LogP contribution in [0.5, 0.6) is 0 Å². The Hall–Kier alpha value is -0.550. The first-order chi connectivity index (χ1) is 9.01. The Morgan fingerprint density at radius 3 is 2.79 bits per heavy atom. The molecule has 2 rings (SSSR count). The second-order valence-electron chi connectivity index (χ2n) is 4.51. The molecule has 2 saturated heterocycles. The summed E-state index contributed by atoms with van der Waals surface area (Å²) in [6.07, 6.45) is -6.29. The Morgan fingerprint density at radius 2 is 2.21 bits per heavy atom. The van der Waals surface area contributed by atoms with E-state index in [1.54, 1.807) is 0 Å². The first-order valence-electron chi connectivity index (χ1n) is 5.90. The number of aliphatic hydroxyl groups is 4. The van der Waals surface area contributed by atoms with E-state index < -0.39 is 43.5 Å². The van der Waals surface area contributed by atoms with E-state index in [1.165, 1.54) is 12.0 Å². The van der Waals surface area contributed by atoms with Crippen LogP contribution in [0.25, 0.3) is 0 Å². The molecule has 2 fully saturated rings. The lowest BCUT2D eigenvalue weighted by atomic mass is 10.1. The van der Waals surface area contributed by atoms with Crippen molar-refractivity contribution in [3.05, 3.63) is 0 Å². The van der Waals surface area contributed by atoms with Crippen molar-refractivity contribution in [1.29, 1.82) is 0 Å². The maximum absolute atomic E-state index is 10.0. The van der Waals surface area contributed by atoms with E-state index in [-0.39, 0.29) is 0 Å². The van der Waals surface area contributed by atoms with E-state index in [1.807, 2.05) is 0 Å². The van der Waals surface area contributed by atoms with Crippen LogP contribution in [0.4, 0.5) is 0 Å². The van der Waals surface area contributed by atoms with E-state index in [0.717, 1.165) is 0 Å². The predicted octanol–water partition coefficient (Wildman–Crippen LogP) is -3.05. The average Bonchev–Trinajstić information content (AvgIpc) is 2.91. The lowest BCUT2D eigenvalue weighted by Gasteiger charge is -2.31. The maximum Gasteiger partial charge on any atom is 0.173 e. The molecule has 0 aromatic heterocycles. The minimum absolute atomic E-state index is 0.335. The summed E-state index contributed by atoms with van der Waals surface area (Å²) in [7, 11) is 1.49. The SMILES string of the molecule is CO[C@H]1CNC(=S)N1[C@@H]1O[C@@H]([C@H](O)CO)[C@H](O)[C@H]1O. The normalized spacial score (nSPS) is 40.6. The van der Waals surface area contributed by atoms with Crippen molar-refractivity contribution in [1.82, 2.24) is 10.2 Å². The van der Waals surface area contributed by atoms with Crippen molar-refractivity contribution in [3.8, 4) is 0 Å². The standard InChI is InChI=1S/C10H18N2O6S/c1-17-5-2-11-10(19)12(5)9-7(16)6(15)8(18-9)4(14)3-13/h4-9,13-16H,2-3H2,1H3,(H,11,19)/t4-,5+,6-,7-,8+,9-/m1/s1. The van der Waals surface area contributed by atoms with Gasteiger partial charge < -0.3 is 35.2 Å². The van der Waals surface area contributed by atoms with E-state index in [2.05, 4.69) is 5.32 Å². The summed E-state index contributed by atoms with van der Waals surface area (Å²) < 4.78 is 10.6. The number of ether oxygens (including phenoxy) is 2. The summed E-state index contributed by atoms with van der Waals surface area (Å²) in [6, 6.07) is 0. The van der Waals surface area contributed by atoms with Gasteiger partial charge in [0.2, 0.25) is 0 Å². The van der Waals surface area contributed by atoms with E-state index in [9.17, 15) is 15.3 Å². The highest BCUT2D eigenvalue weighted by molar-refractivity contribution is 7.80. The molecule has 0 amide bonds. The Morgan fingerprint density at radius 1 is 1.53 bits per heavy atom. The number of thiocarbonyl (C=S) groups is 1. The molecule has 2 heterocycles. The van der Waals surface area contributed by atoms with Crippen LogP contribution in [-0.2, 0) is 9.47 Å². The molecular weight excluding hydrogens is 276 g/mol. The van der Waals surface area contributed by atoms with Crippen molar-refractivity contribution < 1.29 is 29.9 Å². The summed E-state index contributed by atoms with van der Waals surface area (Å²) in [6.45, 7) is -0.136. The molecule has 0 aromatic carbocycles. The Labute approximate surface area is 115 Å². The molecule has 0 aliphatic carbocycles. The molecule has 0 aromatic rings. The van der Waals surface area contributed by atoms with Gasteiger partial charge in [0.1, 0.15) is 24.4 Å². The summed E-state index contributed by atoms with van der Waals surface area (Å²) in [5, 5.41) is 41.5. The van der Waals surface area contributed by atoms with Gasteiger partial charge in [0.15, 0.2) is 17.6 Å². The minimum atomic E-state index is -1.31. The Balaban J connectivity index is 2.14. The molecule has 2 aliphatic rings. The van der Waals surface area contributed by atoms with Gasteiger partial charge in [-0.25, -0.2) is 0 Å². The van der Waals surface area contributed by atoms with Gasteiger partial charge in [0.25, 0.3) is 0 Å².